The fourth-order valence-corrected chi connectivity index (χ4v) is 3.17. The number of amides is 1. The Kier molecular flexibility index (Phi) is 5.33. The van der Waals surface area contributed by atoms with E-state index >= 15 is 0 Å². The smallest absolute Gasteiger partial charge is 0.311 e. The van der Waals surface area contributed by atoms with Crippen LogP contribution in [0.3, 0.4) is 0 Å². The molecule has 0 saturated carbocycles. The van der Waals surface area contributed by atoms with Crippen LogP contribution < -0.4 is 14.8 Å². The zero-order valence-corrected chi connectivity index (χ0v) is 16.0. The summed E-state index contributed by atoms with van der Waals surface area (Å²) in [7, 11) is 0. The van der Waals surface area contributed by atoms with Crippen molar-refractivity contribution in [3.63, 3.8) is 0 Å². The lowest BCUT2D eigenvalue weighted by Gasteiger charge is -2.19. The summed E-state index contributed by atoms with van der Waals surface area (Å²) in [5, 5.41) is 4.90. The highest BCUT2D eigenvalue weighted by Crippen LogP contribution is 2.31. The van der Waals surface area contributed by atoms with Crippen LogP contribution in [-0.4, -0.2) is 31.2 Å². The van der Waals surface area contributed by atoms with Gasteiger partial charge in [0.15, 0.2) is 17.6 Å². The molecule has 0 aromatic heterocycles. The van der Waals surface area contributed by atoms with Gasteiger partial charge in [-0.15, -0.1) is 0 Å². The molecule has 4 rings (SSSR count). The van der Waals surface area contributed by atoms with Crippen LogP contribution in [0.1, 0.15) is 12.5 Å². The number of anilines is 1. The van der Waals surface area contributed by atoms with E-state index in [1.807, 2.05) is 42.5 Å². The fourth-order valence-electron chi connectivity index (χ4n) is 3.17. The Hall–Kier alpha value is -3.54. The first-order valence-electron chi connectivity index (χ1n) is 9.46. The van der Waals surface area contributed by atoms with Crippen molar-refractivity contribution in [2.24, 2.45) is 0 Å². The number of esters is 1. The van der Waals surface area contributed by atoms with Gasteiger partial charge in [0.05, 0.1) is 6.42 Å². The largest absolute Gasteiger partial charge is 0.486 e. The van der Waals surface area contributed by atoms with E-state index in [2.05, 4.69) is 5.32 Å². The minimum absolute atomic E-state index is 0.0459. The molecule has 1 N–H and O–H groups in total. The number of benzene rings is 3. The van der Waals surface area contributed by atoms with Gasteiger partial charge in [-0.05, 0) is 47.5 Å². The average molecular weight is 391 g/mol. The van der Waals surface area contributed by atoms with Crippen molar-refractivity contribution in [3.8, 4) is 11.5 Å². The molecule has 6 heteroatoms. The maximum Gasteiger partial charge on any atom is 0.311 e. The number of fused-ring (bicyclic) bond motifs is 2. The third kappa shape index (κ3) is 4.48. The summed E-state index contributed by atoms with van der Waals surface area (Å²) in [5.74, 6) is 0.416. The molecule has 0 radical (unpaired) electrons. The normalized spacial score (nSPS) is 13.6. The summed E-state index contributed by atoms with van der Waals surface area (Å²) < 4.78 is 16.3. The quantitative estimate of drug-likeness (QED) is 0.671. The second kappa shape index (κ2) is 8.22. The van der Waals surface area contributed by atoms with E-state index in [9.17, 15) is 9.59 Å². The monoisotopic (exact) mass is 391 g/mol. The van der Waals surface area contributed by atoms with Crippen LogP contribution in [0.15, 0.2) is 60.7 Å². The number of ether oxygens (including phenoxy) is 3. The zero-order chi connectivity index (χ0) is 20.2. The molecular weight excluding hydrogens is 370 g/mol. The van der Waals surface area contributed by atoms with Crippen molar-refractivity contribution in [1.82, 2.24) is 0 Å². The molecule has 0 saturated heterocycles. The lowest BCUT2D eigenvalue weighted by atomic mass is 10.1. The standard InChI is InChI=1S/C23H21NO5/c1-15(23(26)24-19-8-7-17-4-2-3-5-18(17)14-19)29-22(25)13-16-6-9-20-21(12-16)28-11-10-27-20/h2-9,12,14-15H,10-11,13H2,1H3,(H,24,26)/t15-/m0/s1. The zero-order valence-electron chi connectivity index (χ0n) is 16.0. The molecule has 0 unspecified atom stereocenters. The SMILES string of the molecule is C[C@H](OC(=O)Cc1ccc2c(c1)OCCO2)C(=O)Nc1ccc2ccccc2c1. The van der Waals surface area contributed by atoms with Crippen LogP contribution in [-0.2, 0) is 20.7 Å². The highest BCUT2D eigenvalue weighted by Gasteiger charge is 2.19. The molecule has 1 atom stereocenters. The fraction of sp³-hybridized carbons (Fsp3) is 0.217. The van der Waals surface area contributed by atoms with Crippen LogP contribution in [0.25, 0.3) is 10.8 Å². The van der Waals surface area contributed by atoms with Gasteiger partial charge in [0.2, 0.25) is 0 Å². The number of hydrogen-bond acceptors (Lipinski definition) is 5. The second-order valence-electron chi connectivity index (χ2n) is 6.84. The van der Waals surface area contributed by atoms with Gasteiger partial charge < -0.3 is 19.5 Å². The number of nitrogens with one attached hydrogen (secondary N) is 1. The summed E-state index contributed by atoms with van der Waals surface area (Å²) in [5.41, 5.74) is 1.39. The van der Waals surface area contributed by atoms with Crippen molar-refractivity contribution in [2.75, 3.05) is 18.5 Å². The van der Waals surface area contributed by atoms with Crippen molar-refractivity contribution in [3.05, 3.63) is 66.2 Å². The van der Waals surface area contributed by atoms with Crippen molar-refractivity contribution >= 4 is 28.3 Å². The maximum atomic E-state index is 12.4. The molecule has 0 spiro atoms. The average Bonchev–Trinajstić information content (AvgIpc) is 2.73. The van der Waals surface area contributed by atoms with Gasteiger partial charge in [-0.1, -0.05) is 36.4 Å². The first-order chi connectivity index (χ1) is 14.1. The van der Waals surface area contributed by atoms with Crippen molar-refractivity contribution < 1.29 is 23.8 Å². The molecule has 6 nitrogen and oxygen atoms in total. The van der Waals surface area contributed by atoms with Gasteiger partial charge in [0, 0.05) is 5.69 Å². The highest BCUT2D eigenvalue weighted by molar-refractivity contribution is 5.97. The van der Waals surface area contributed by atoms with Gasteiger partial charge >= 0.3 is 5.97 Å². The van der Waals surface area contributed by atoms with E-state index in [1.165, 1.54) is 0 Å². The number of hydrogen-bond donors (Lipinski definition) is 1. The first-order valence-corrected chi connectivity index (χ1v) is 9.46. The van der Waals surface area contributed by atoms with Gasteiger partial charge in [0.25, 0.3) is 5.91 Å². The minimum atomic E-state index is -0.911. The summed E-state index contributed by atoms with van der Waals surface area (Å²) in [6, 6.07) is 18.8. The molecule has 1 heterocycles. The Labute approximate surface area is 168 Å². The van der Waals surface area contributed by atoms with Crippen LogP contribution in [0.5, 0.6) is 11.5 Å². The molecule has 0 bridgehead atoms. The van der Waals surface area contributed by atoms with E-state index in [0.717, 1.165) is 16.3 Å². The molecule has 148 valence electrons. The topological polar surface area (TPSA) is 73.9 Å². The van der Waals surface area contributed by atoms with Crippen molar-refractivity contribution in [1.29, 1.82) is 0 Å². The van der Waals surface area contributed by atoms with Gasteiger partial charge in [-0.3, -0.25) is 9.59 Å². The van der Waals surface area contributed by atoms with Gasteiger partial charge in [-0.2, -0.15) is 0 Å². The number of carbonyl (C=O) groups is 2. The predicted molar refractivity (Wildman–Crippen MR) is 109 cm³/mol. The lowest BCUT2D eigenvalue weighted by molar-refractivity contribution is -0.152. The molecule has 1 aliphatic heterocycles. The summed E-state index contributed by atoms with van der Waals surface area (Å²) >= 11 is 0. The Balaban J connectivity index is 1.34. The van der Waals surface area contributed by atoms with E-state index in [0.29, 0.717) is 30.4 Å². The third-order valence-corrected chi connectivity index (χ3v) is 4.65. The number of carbonyl (C=O) groups excluding carboxylic acids is 2. The minimum Gasteiger partial charge on any atom is -0.486 e. The lowest BCUT2D eigenvalue weighted by Crippen LogP contribution is -2.30. The Morgan fingerprint density at radius 3 is 2.55 bits per heavy atom. The first kappa shape index (κ1) is 18.8. The molecule has 0 aliphatic carbocycles. The predicted octanol–water partition coefficient (Wildman–Crippen LogP) is 3.72. The Morgan fingerprint density at radius 1 is 0.966 bits per heavy atom. The van der Waals surface area contributed by atoms with Crippen LogP contribution in [0, 0.1) is 0 Å². The van der Waals surface area contributed by atoms with E-state index in [4.69, 9.17) is 14.2 Å². The van der Waals surface area contributed by atoms with E-state index in [-0.39, 0.29) is 12.3 Å². The molecule has 3 aromatic carbocycles. The van der Waals surface area contributed by atoms with E-state index < -0.39 is 12.1 Å². The van der Waals surface area contributed by atoms with Gasteiger partial charge in [0.1, 0.15) is 13.2 Å². The summed E-state index contributed by atoms with van der Waals surface area (Å²) in [6.45, 7) is 2.54. The van der Waals surface area contributed by atoms with Crippen LogP contribution in [0.4, 0.5) is 5.69 Å². The molecule has 1 aliphatic rings. The highest BCUT2D eigenvalue weighted by atomic mass is 16.6. The maximum absolute atomic E-state index is 12.4. The van der Waals surface area contributed by atoms with Crippen LogP contribution in [0.2, 0.25) is 0 Å². The molecule has 29 heavy (non-hydrogen) atoms. The third-order valence-electron chi connectivity index (χ3n) is 4.65. The second-order valence-corrected chi connectivity index (χ2v) is 6.84. The molecule has 1 amide bonds. The molecule has 0 fully saturated rings. The summed E-state index contributed by atoms with van der Waals surface area (Å²) in [4.78, 5) is 24.7. The number of rotatable bonds is 5. The molecular formula is C23H21NO5. The Morgan fingerprint density at radius 2 is 1.72 bits per heavy atom. The summed E-state index contributed by atoms with van der Waals surface area (Å²) in [6.07, 6.45) is -0.865. The van der Waals surface area contributed by atoms with Crippen LogP contribution >= 0.6 is 0 Å². The molecule has 3 aromatic rings. The van der Waals surface area contributed by atoms with E-state index in [1.54, 1.807) is 25.1 Å². The van der Waals surface area contributed by atoms with Gasteiger partial charge in [-0.25, -0.2) is 0 Å². The Bertz CT molecular complexity index is 1060. The van der Waals surface area contributed by atoms with Crippen molar-refractivity contribution in [2.45, 2.75) is 19.4 Å².